The van der Waals surface area contributed by atoms with Gasteiger partial charge in [0, 0.05) is 44.0 Å². The van der Waals surface area contributed by atoms with Crippen LogP contribution in [-0.4, -0.2) is 47.6 Å². The summed E-state index contributed by atoms with van der Waals surface area (Å²) < 4.78 is 14.4. The van der Waals surface area contributed by atoms with E-state index in [1.165, 1.54) is 44.1 Å². The van der Waals surface area contributed by atoms with Gasteiger partial charge in [-0.1, -0.05) is 52.0 Å². The van der Waals surface area contributed by atoms with Crippen molar-refractivity contribution in [1.82, 2.24) is 14.9 Å². The summed E-state index contributed by atoms with van der Waals surface area (Å²) in [5.74, 6) is 1.73. The van der Waals surface area contributed by atoms with Crippen molar-refractivity contribution in [2.75, 3.05) is 42.9 Å². The van der Waals surface area contributed by atoms with E-state index in [-0.39, 0.29) is 5.82 Å². The standard InChI is InChI=1S/C30H38FN5/c1-21(2)17-35-18-30(19-35)11-13-36(14-12-30)29-28(16-32-20-33-29)34-27-10-9-23(31)15-26(27)25-8-6-5-7-24(25)22(3)4/h5-10,15-16,20-22,34H,11-14,17-19H2,1-4H3. The summed E-state index contributed by atoms with van der Waals surface area (Å²) in [6.07, 6.45) is 5.84. The van der Waals surface area contributed by atoms with Crippen molar-refractivity contribution >= 4 is 17.2 Å². The van der Waals surface area contributed by atoms with Crippen molar-refractivity contribution in [2.45, 2.75) is 46.5 Å². The monoisotopic (exact) mass is 487 g/mol. The van der Waals surface area contributed by atoms with Gasteiger partial charge in [0.15, 0.2) is 5.82 Å². The summed E-state index contributed by atoms with van der Waals surface area (Å²) in [5.41, 5.74) is 5.28. The van der Waals surface area contributed by atoms with Gasteiger partial charge in [-0.2, -0.15) is 0 Å². The van der Waals surface area contributed by atoms with E-state index in [1.54, 1.807) is 12.4 Å². The van der Waals surface area contributed by atoms with Gasteiger partial charge in [-0.15, -0.1) is 0 Å². The number of nitrogens with one attached hydrogen (secondary N) is 1. The zero-order valence-corrected chi connectivity index (χ0v) is 22.0. The molecule has 6 heteroatoms. The molecule has 5 nitrogen and oxygen atoms in total. The highest BCUT2D eigenvalue weighted by Gasteiger charge is 2.44. The predicted molar refractivity (Wildman–Crippen MR) is 146 cm³/mol. The third-order valence-corrected chi connectivity index (χ3v) is 7.68. The number of anilines is 3. The van der Waals surface area contributed by atoms with Crippen LogP contribution in [0.5, 0.6) is 0 Å². The Morgan fingerprint density at radius 3 is 2.44 bits per heavy atom. The predicted octanol–water partition coefficient (Wildman–Crippen LogP) is 6.71. The van der Waals surface area contributed by atoms with E-state index in [0.29, 0.717) is 11.3 Å². The molecule has 0 atom stereocenters. The molecule has 1 spiro atoms. The Hall–Kier alpha value is -2.99. The fourth-order valence-corrected chi connectivity index (χ4v) is 5.96. The molecule has 190 valence electrons. The van der Waals surface area contributed by atoms with Gasteiger partial charge >= 0.3 is 0 Å². The molecule has 2 saturated heterocycles. The van der Waals surface area contributed by atoms with Gasteiger partial charge in [0.2, 0.25) is 0 Å². The third-order valence-electron chi connectivity index (χ3n) is 7.68. The van der Waals surface area contributed by atoms with Crippen LogP contribution in [0.25, 0.3) is 11.1 Å². The average molecular weight is 488 g/mol. The molecule has 2 aromatic carbocycles. The molecule has 0 radical (unpaired) electrons. The van der Waals surface area contributed by atoms with Crippen LogP contribution in [0.4, 0.5) is 21.6 Å². The lowest BCUT2D eigenvalue weighted by molar-refractivity contribution is -0.0247. The second-order valence-corrected chi connectivity index (χ2v) is 11.4. The molecule has 1 aromatic heterocycles. The van der Waals surface area contributed by atoms with Gasteiger partial charge in [-0.25, -0.2) is 14.4 Å². The first-order valence-electron chi connectivity index (χ1n) is 13.3. The van der Waals surface area contributed by atoms with Crippen molar-refractivity contribution in [2.24, 2.45) is 11.3 Å². The van der Waals surface area contributed by atoms with Gasteiger partial charge in [0.1, 0.15) is 17.8 Å². The van der Waals surface area contributed by atoms with Crippen LogP contribution in [0, 0.1) is 17.2 Å². The van der Waals surface area contributed by atoms with Crippen molar-refractivity contribution in [1.29, 1.82) is 0 Å². The van der Waals surface area contributed by atoms with E-state index < -0.39 is 0 Å². The second kappa shape index (κ2) is 10.2. The number of hydrogen-bond acceptors (Lipinski definition) is 5. The number of likely N-dealkylation sites (tertiary alicyclic amines) is 1. The van der Waals surface area contributed by atoms with Crippen LogP contribution >= 0.6 is 0 Å². The van der Waals surface area contributed by atoms with Crippen LogP contribution in [0.3, 0.4) is 0 Å². The van der Waals surface area contributed by atoms with Crippen LogP contribution in [0.15, 0.2) is 55.0 Å². The SMILES string of the molecule is CC(C)CN1CC2(CCN(c3ncncc3Nc3ccc(F)cc3-c3ccccc3C(C)C)CC2)C1. The molecule has 5 rings (SSSR count). The molecule has 0 amide bonds. The number of halogens is 1. The van der Waals surface area contributed by atoms with E-state index in [9.17, 15) is 4.39 Å². The van der Waals surface area contributed by atoms with Gasteiger partial charge in [-0.05, 0) is 59.4 Å². The summed E-state index contributed by atoms with van der Waals surface area (Å²) in [4.78, 5) is 14.0. The lowest BCUT2D eigenvalue weighted by atomic mass is 9.71. The number of rotatable bonds is 7. The molecular formula is C30H38FN5. The smallest absolute Gasteiger partial charge is 0.155 e. The maximum Gasteiger partial charge on any atom is 0.155 e. The van der Waals surface area contributed by atoms with Crippen LogP contribution in [0.2, 0.25) is 0 Å². The Morgan fingerprint density at radius 2 is 1.72 bits per heavy atom. The number of hydrogen-bond donors (Lipinski definition) is 1. The van der Waals surface area contributed by atoms with E-state index in [2.05, 4.69) is 64.9 Å². The summed E-state index contributed by atoms with van der Waals surface area (Å²) in [5, 5.41) is 3.57. The Morgan fingerprint density at radius 1 is 0.972 bits per heavy atom. The molecule has 2 aliphatic heterocycles. The van der Waals surface area contributed by atoms with Gasteiger partial charge in [0.25, 0.3) is 0 Å². The highest BCUT2D eigenvalue weighted by molar-refractivity contribution is 5.85. The fourth-order valence-electron chi connectivity index (χ4n) is 5.96. The summed E-state index contributed by atoms with van der Waals surface area (Å²) >= 11 is 0. The number of aromatic nitrogens is 2. The maximum atomic E-state index is 14.4. The van der Waals surface area contributed by atoms with Crippen molar-refractivity contribution in [3.8, 4) is 11.1 Å². The minimum Gasteiger partial charge on any atom is -0.355 e. The first-order valence-corrected chi connectivity index (χ1v) is 13.3. The zero-order chi connectivity index (χ0) is 25.3. The lowest BCUT2D eigenvalue weighted by Gasteiger charge is -2.54. The normalized spacial score (nSPS) is 17.6. The van der Waals surface area contributed by atoms with Crippen molar-refractivity contribution in [3.63, 3.8) is 0 Å². The molecular weight excluding hydrogens is 449 g/mol. The van der Waals surface area contributed by atoms with E-state index >= 15 is 0 Å². The minimum absolute atomic E-state index is 0.244. The first kappa shape index (κ1) is 24.7. The maximum absolute atomic E-state index is 14.4. The number of piperidine rings is 1. The molecule has 36 heavy (non-hydrogen) atoms. The summed E-state index contributed by atoms with van der Waals surface area (Å²) in [6.45, 7) is 14.6. The molecule has 2 aliphatic rings. The zero-order valence-electron chi connectivity index (χ0n) is 22.0. The topological polar surface area (TPSA) is 44.3 Å². The molecule has 2 fully saturated rings. The lowest BCUT2D eigenvalue weighted by Crippen LogP contribution is -2.60. The minimum atomic E-state index is -0.244. The van der Waals surface area contributed by atoms with Crippen LogP contribution < -0.4 is 10.2 Å². The first-order chi connectivity index (χ1) is 17.3. The second-order valence-electron chi connectivity index (χ2n) is 11.4. The van der Waals surface area contributed by atoms with Gasteiger partial charge in [-0.3, -0.25) is 0 Å². The number of benzene rings is 2. The number of nitrogens with zero attached hydrogens (tertiary/aromatic N) is 4. The quantitative estimate of drug-likeness (QED) is 0.401. The molecule has 0 saturated carbocycles. The summed E-state index contributed by atoms with van der Waals surface area (Å²) in [7, 11) is 0. The summed E-state index contributed by atoms with van der Waals surface area (Å²) in [6, 6.07) is 13.2. The fraction of sp³-hybridized carbons (Fsp3) is 0.467. The van der Waals surface area contributed by atoms with E-state index in [0.717, 1.165) is 47.3 Å². The Labute approximate surface area is 214 Å². The Balaban J connectivity index is 1.37. The Bertz CT molecular complexity index is 1190. The molecule has 0 bridgehead atoms. The van der Waals surface area contributed by atoms with Crippen LogP contribution in [0.1, 0.15) is 52.0 Å². The molecule has 1 N–H and O–H groups in total. The van der Waals surface area contributed by atoms with E-state index in [4.69, 9.17) is 0 Å². The van der Waals surface area contributed by atoms with E-state index in [1.807, 2.05) is 24.4 Å². The largest absolute Gasteiger partial charge is 0.355 e. The van der Waals surface area contributed by atoms with Gasteiger partial charge in [0.05, 0.1) is 6.20 Å². The van der Waals surface area contributed by atoms with Crippen LogP contribution in [-0.2, 0) is 0 Å². The molecule has 3 heterocycles. The van der Waals surface area contributed by atoms with Crippen molar-refractivity contribution in [3.05, 3.63) is 66.4 Å². The molecule has 0 aliphatic carbocycles. The average Bonchev–Trinajstić information content (AvgIpc) is 2.85. The Kier molecular flexibility index (Phi) is 6.98. The molecule has 3 aromatic rings. The third kappa shape index (κ3) is 5.10. The van der Waals surface area contributed by atoms with Crippen molar-refractivity contribution < 1.29 is 4.39 Å². The highest BCUT2D eigenvalue weighted by Crippen LogP contribution is 2.43. The van der Waals surface area contributed by atoms with Gasteiger partial charge < -0.3 is 15.1 Å². The molecule has 0 unspecified atom stereocenters. The highest BCUT2D eigenvalue weighted by atomic mass is 19.1.